The molecule has 2 nitrogen and oxygen atoms in total. The molecule has 0 saturated heterocycles. The van der Waals surface area contributed by atoms with Crippen molar-refractivity contribution in [1.29, 1.82) is 0 Å². The van der Waals surface area contributed by atoms with Gasteiger partial charge in [-0.2, -0.15) is 8.78 Å². The van der Waals surface area contributed by atoms with Gasteiger partial charge in [-0.25, -0.2) is 8.78 Å². The molecule has 0 bridgehead atoms. The van der Waals surface area contributed by atoms with Crippen molar-refractivity contribution in [3.05, 3.63) is 35.9 Å². The lowest BCUT2D eigenvalue weighted by Crippen LogP contribution is -2.48. The third-order valence-corrected chi connectivity index (χ3v) is 2.85. The molecule has 0 spiro atoms. The predicted molar refractivity (Wildman–Crippen MR) is 67.7 cm³/mol. The van der Waals surface area contributed by atoms with E-state index in [0.29, 0.717) is 5.56 Å². The number of hydrogen-bond acceptors (Lipinski definition) is 1. The van der Waals surface area contributed by atoms with Crippen LogP contribution in [-0.2, 0) is 4.79 Å². The topological polar surface area (TPSA) is 29.1 Å². The van der Waals surface area contributed by atoms with Gasteiger partial charge in [0.1, 0.15) is 0 Å². The number of amides is 1. The van der Waals surface area contributed by atoms with Gasteiger partial charge in [0.25, 0.3) is 5.91 Å². The number of hydrogen-bond donors (Lipinski definition) is 1. The monoisotopic (exact) mass is 291 g/mol. The van der Waals surface area contributed by atoms with E-state index in [1.54, 1.807) is 51.1 Å². The Labute approximate surface area is 115 Å². The fourth-order valence-corrected chi connectivity index (χ4v) is 1.77. The first-order valence-corrected chi connectivity index (χ1v) is 6.08. The maximum Gasteiger partial charge on any atom is 0.383 e. The molecule has 1 unspecified atom stereocenters. The van der Waals surface area contributed by atoms with E-state index in [9.17, 15) is 22.4 Å². The van der Waals surface area contributed by atoms with E-state index in [-0.39, 0.29) is 0 Å². The fourth-order valence-electron chi connectivity index (χ4n) is 1.77. The molecule has 0 aromatic heterocycles. The lowest BCUT2D eigenvalue weighted by Gasteiger charge is -2.33. The first-order chi connectivity index (χ1) is 9.06. The average molecular weight is 291 g/mol. The zero-order valence-electron chi connectivity index (χ0n) is 11.5. The summed E-state index contributed by atoms with van der Waals surface area (Å²) in [6, 6.07) is 7.62. The minimum Gasteiger partial charge on any atom is -0.343 e. The van der Waals surface area contributed by atoms with Crippen LogP contribution in [0.3, 0.4) is 0 Å². The van der Waals surface area contributed by atoms with Gasteiger partial charge in [0.05, 0.1) is 6.04 Å². The van der Waals surface area contributed by atoms with E-state index in [4.69, 9.17) is 0 Å². The summed E-state index contributed by atoms with van der Waals surface area (Å²) in [5.74, 6) is -6.66. The van der Waals surface area contributed by atoms with Crippen LogP contribution in [0.4, 0.5) is 17.6 Å². The maximum absolute atomic E-state index is 13.0. The van der Waals surface area contributed by atoms with Gasteiger partial charge in [0.2, 0.25) is 0 Å². The van der Waals surface area contributed by atoms with E-state index in [0.717, 1.165) is 0 Å². The second-order valence-corrected chi connectivity index (χ2v) is 5.61. The van der Waals surface area contributed by atoms with Gasteiger partial charge >= 0.3 is 12.3 Å². The third kappa shape index (κ3) is 3.71. The molecule has 1 N–H and O–H groups in total. The summed E-state index contributed by atoms with van der Waals surface area (Å²) in [5, 5.41) is 2.03. The van der Waals surface area contributed by atoms with Crippen molar-refractivity contribution >= 4 is 5.91 Å². The number of halogens is 4. The molecular weight excluding hydrogens is 274 g/mol. The van der Waals surface area contributed by atoms with Crippen LogP contribution in [0.25, 0.3) is 0 Å². The van der Waals surface area contributed by atoms with Crippen LogP contribution in [-0.4, -0.2) is 18.3 Å². The Morgan fingerprint density at radius 2 is 1.60 bits per heavy atom. The Bertz CT molecular complexity index is 454. The number of nitrogens with one attached hydrogen (secondary N) is 1. The summed E-state index contributed by atoms with van der Waals surface area (Å²) in [5.41, 5.74) is -0.0201. The van der Waals surface area contributed by atoms with Crippen LogP contribution in [0.15, 0.2) is 30.3 Å². The summed E-state index contributed by atoms with van der Waals surface area (Å²) in [7, 11) is 0. The van der Waals surface area contributed by atoms with Crippen molar-refractivity contribution in [3.8, 4) is 0 Å². The first-order valence-electron chi connectivity index (χ1n) is 6.08. The predicted octanol–water partition coefficient (Wildman–Crippen LogP) is 3.79. The Kier molecular flexibility index (Phi) is 4.78. The summed E-state index contributed by atoms with van der Waals surface area (Å²) >= 11 is 0. The highest BCUT2D eigenvalue weighted by Gasteiger charge is 2.50. The highest BCUT2D eigenvalue weighted by Crippen LogP contribution is 2.34. The second kappa shape index (κ2) is 5.81. The molecule has 1 atom stereocenters. The van der Waals surface area contributed by atoms with Crippen molar-refractivity contribution in [2.24, 2.45) is 5.41 Å². The van der Waals surface area contributed by atoms with Crippen LogP contribution in [0.2, 0.25) is 0 Å². The lowest BCUT2D eigenvalue weighted by atomic mass is 9.82. The number of benzene rings is 1. The Hall–Kier alpha value is -1.59. The van der Waals surface area contributed by atoms with Crippen LogP contribution >= 0.6 is 0 Å². The number of rotatable bonds is 4. The summed E-state index contributed by atoms with van der Waals surface area (Å²) in [6.45, 7) is 5.18. The largest absolute Gasteiger partial charge is 0.383 e. The van der Waals surface area contributed by atoms with Gasteiger partial charge in [-0.15, -0.1) is 0 Å². The number of carbonyl (C=O) groups is 1. The fraction of sp³-hybridized carbons (Fsp3) is 0.500. The van der Waals surface area contributed by atoms with Gasteiger partial charge in [0, 0.05) is 0 Å². The van der Waals surface area contributed by atoms with Crippen LogP contribution in [0.1, 0.15) is 32.4 Å². The molecule has 0 aliphatic carbocycles. The SMILES string of the molecule is CC(C)(C)C(NC(=O)C(F)(F)C(F)F)c1ccccc1. The van der Waals surface area contributed by atoms with E-state index in [1.807, 2.05) is 5.32 Å². The smallest absolute Gasteiger partial charge is 0.343 e. The average Bonchev–Trinajstić information content (AvgIpc) is 2.34. The zero-order chi connectivity index (χ0) is 15.6. The Morgan fingerprint density at radius 1 is 1.10 bits per heavy atom. The second-order valence-electron chi connectivity index (χ2n) is 5.61. The molecule has 1 aromatic rings. The number of alkyl halides is 4. The van der Waals surface area contributed by atoms with Gasteiger partial charge in [-0.1, -0.05) is 51.1 Å². The first kappa shape index (κ1) is 16.5. The molecule has 6 heteroatoms. The Balaban J connectivity index is 3.02. The van der Waals surface area contributed by atoms with E-state index >= 15 is 0 Å². The summed E-state index contributed by atoms with van der Waals surface area (Å²) in [4.78, 5) is 11.4. The van der Waals surface area contributed by atoms with Crippen LogP contribution in [0, 0.1) is 5.41 Å². The molecule has 0 heterocycles. The van der Waals surface area contributed by atoms with Gasteiger partial charge < -0.3 is 5.32 Å². The molecule has 112 valence electrons. The number of carbonyl (C=O) groups excluding carboxylic acids is 1. The lowest BCUT2D eigenvalue weighted by molar-refractivity contribution is -0.171. The third-order valence-electron chi connectivity index (χ3n) is 2.85. The van der Waals surface area contributed by atoms with Crippen molar-refractivity contribution in [1.82, 2.24) is 5.32 Å². The molecule has 0 fully saturated rings. The minimum atomic E-state index is -4.70. The molecule has 0 saturated carbocycles. The Morgan fingerprint density at radius 3 is 2.00 bits per heavy atom. The van der Waals surface area contributed by atoms with E-state index < -0.39 is 29.7 Å². The summed E-state index contributed by atoms with van der Waals surface area (Å²) in [6.07, 6.45) is -4.03. The molecule has 1 aromatic carbocycles. The standard InChI is InChI=1S/C14H17F4NO/c1-13(2,3)10(9-7-5-4-6-8-9)19-12(20)14(17,18)11(15)16/h4-8,10-11H,1-3H3,(H,19,20). The molecular formula is C14H17F4NO. The normalized spacial score (nSPS) is 14.2. The molecule has 0 radical (unpaired) electrons. The van der Waals surface area contributed by atoms with E-state index in [2.05, 4.69) is 0 Å². The molecule has 0 aliphatic heterocycles. The minimum absolute atomic E-state index is 0.582. The van der Waals surface area contributed by atoms with Gasteiger partial charge in [0.15, 0.2) is 0 Å². The molecule has 1 rings (SSSR count). The van der Waals surface area contributed by atoms with Crippen molar-refractivity contribution in [2.45, 2.75) is 39.2 Å². The van der Waals surface area contributed by atoms with E-state index in [1.165, 1.54) is 0 Å². The highest BCUT2D eigenvalue weighted by molar-refractivity contribution is 5.84. The quantitative estimate of drug-likeness (QED) is 0.840. The molecule has 0 aliphatic rings. The zero-order valence-corrected chi connectivity index (χ0v) is 11.5. The van der Waals surface area contributed by atoms with Crippen molar-refractivity contribution in [2.75, 3.05) is 0 Å². The summed E-state index contributed by atoms with van der Waals surface area (Å²) < 4.78 is 50.5. The van der Waals surface area contributed by atoms with Crippen LogP contribution in [0.5, 0.6) is 0 Å². The van der Waals surface area contributed by atoms with Gasteiger partial charge in [-0.05, 0) is 11.0 Å². The van der Waals surface area contributed by atoms with Crippen LogP contribution < -0.4 is 5.32 Å². The maximum atomic E-state index is 13.0. The van der Waals surface area contributed by atoms with Crippen molar-refractivity contribution in [3.63, 3.8) is 0 Å². The van der Waals surface area contributed by atoms with Gasteiger partial charge in [-0.3, -0.25) is 4.79 Å². The van der Waals surface area contributed by atoms with Crippen molar-refractivity contribution < 1.29 is 22.4 Å². The highest BCUT2D eigenvalue weighted by atomic mass is 19.3. The molecule has 20 heavy (non-hydrogen) atoms. The molecule has 1 amide bonds.